The van der Waals surface area contributed by atoms with Gasteiger partial charge in [0.05, 0.1) is 5.92 Å². The number of H-pyrrole nitrogens is 1. The average molecular weight is 270 g/mol. The van der Waals surface area contributed by atoms with Crippen LogP contribution in [0.4, 0.5) is 4.39 Å². The Labute approximate surface area is 114 Å². The third-order valence-electron chi connectivity index (χ3n) is 3.33. The van der Waals surface area contributed by atoms with E-state index in [1.807, 2.05) is 6.92 Å². The minimum Gasteiger partial charge on any atom is -0.420 e. The summed E-state index contributed by atoms with van der Waals surface area (Å²) in [4.78, 5) is 0. The Morgan fingerprint density at radius 1 is 1.40 bits per heavy atom. The van der Waals surface area contributed by atoms with Crippen LogP contribution in [0.25, 0.3) is 0 Å². The molecule has 0 saturated heterocycles. The standard InChI is InChI=1S/C14H11FN4O/c1-7-11-12(8-2-4-9(15)5-3-8)10(6-16)13(17)20-14(11)19-18-7/h2-5,12H,17H2,1H3,(H,18,19)/t12-/m0/s1. The Hall–Kier alpha value is -2.81. The second-order valence-electron chi connectivity index (χ2n) is 4.54. The summed E-state index contributed by atoms with van der Waals surface area (Å²) in [6.45, 7) is 1.84. The molecule has 0 saturated carbocycles. The lowest BCUT2D eigenvalue weighted by molar-refractivity contribution is 0.379. The fourth-order valence-corrected chi connectivity index (χ4v) is 2.39. The lowest BCUT2D eigenvalue weighted by Gasteiger charge is -2.23. The van der Waals surface area contributed by atoms with Gasteiger partial charge >= 0.3 is 0 Å². The zero-order valence-corrected chi connectivity index (χ0v) is 10.6. The number of halogens is 1. The van der Waals surface area contributed by atoms with Crippen LogP contribution in [0.1, 0.15) is 22.7 Å². The zero-order valence-electron chi connectivity index (χ0n) is 10.6. The van der Waals surface area contributed by atoms with Crippen molar-refractivity contribution in [3.8, 4) is 11.9 Å². The Morgan fingerprint density at radius 3 is 2.75 bits per heavy atom. The maximum atomic E-state index is 13.1. The highest BCUT2D eigenvalue weighted by Gasteiger charge is 2.33. The molecule has 0 unspecified atom stereocenters. The number of rotatable bonds is 1. The van der Waals surface area contributed by atoms with E-state index in [2.05, 4.69) is 16.3 Å². The van der Waals surface area contributed by atoms with E-state index in [1.165, 1.54) is 12.1 Å². The first-order chi connectivity index (χ1) is 9.61. The number of hydrogen-bond acceptors (Lipinski definition) is 4. The summed E-state index contributed by atoms with van der Waals surface area (Å²) < 4.78 is 18.4. The number of aryl methyl sites for hydroxylation is 1. The molecular formula is C14H11FN4O. The summed E-state index contributed by atoms with van der Waals surface area (Å²) in [5.41, 5.74) is 8.38. The number of benzene rings is 1. The number of nitriles is 1. The minimum atomic E-state index is -0.400. The fraction of sp³-hybridized carbons (Fsp3) is 0.143. The van der Waals surface area contributed by atoms with Crippen LogP contribution in [-0.4, -0.2) is 10.2 Å². The molecule has 20 heavy (non-hydrogen) atoms. The lowest BCUT2D eigenvalue weighted by atomic mass is 9.84. The molecule has 6 heteroatoms. The van der Waals surface area contributed by atoms with E-state index in [1.54, 1.807) is 12.1 Å². The average Bonchev–Trinajstić information content (AvgIpc) is 2.79. The maximum absolute atomic E-state index is 13.1. The number of aromatic nitrogens is 2. The van der Waals surface area contributed by atoms with Crippen molar-refractivity contribution in [1.29, 1.82) is 5.26 Å². The van der Waals surface area contributed by atoms with Gasteiger partial charge in [0.2, 0.25) is 11.8 Å². The quantitative estimate of drug-likeness (QED) is 0.830. The molecule has 0 aliphatic carbocycles. The summed E-state index contributed by atoms with van der Waals surface area (Å²) >= 11 is 0. The van der Waals surface area contributed by atoms with Gasteiger partial charge in [-0.25, -0.2) is 4.39 Å². The van der Waals surface area contributed by atoms with Crippen molar-refractivity contribution in [3.63, 3.8) is 0 Å². The SMILES string of the molecule is Cc1[nH]nc2c1[C@@H](c1ccc(F)cc1)C(C#N)=C(N)O2. The summed E-state index contributed by atoms with van der Waals surface area (Å²) in [5.74, 6) is -0.349. The lowest BCUT2D eigenvalue weighted by Crippen LogP contribution is -2.21. The number of ether oxygens (including phenoxy) is 1. The van der Waals surface area contributed by atoms with Gasteiger partial charge in [0.25, 0.3) is 0 Å². The van der Waals surface area contributed by atoms with E-state index in [0.717, 1.165) is 16.8 Å². The predicted molar refractivity (Wildman–Crippen MR) is 69.0 cm³/mol. The van der Waals surface area contributed by atoms with E-state index in [9.17, 15) is 9.65 Å². The van der Waals surface area contributed by atoms with E-state index in [0.29, 0.717) is 11.5 Å². The number of hydrogen-bond donors (Lipinski definition) is 2. The van der Waals surface area contributed by atoms with Crippen LogP contribution in [0.15, 0.2) is 35.7 Å². The summed E-state index contributed by atoms with van der Waals surface area (Å²) in [7, 11) is 0. The van der Waals surface area contributed by atoms with E-state index >= 15 is 0 Å². The van der Waals surface area contributed by atoms with Gasteiger partial charge in [-0.05, 0) is 24.6 Å². The molecule has 0 radical (unpaired) electrons. The molecule has 2 aromatic rings. The molecule has 1 aromatic carbocycles. The third-order valence-corrected chi connectivity index (χ3v) is 3.33. The maximum Gasteiger partial charge on any atom is 0.244 e. The molecule has 0 bridgehead atoms. The summed E-state index contributed by atoms with van der Waals surface area (Å²) in [5, 5.41) is 16.2. The number of nitrogens with one attached hydrogen (secondary N) is 1. The van der Waals surface area contributed by atoms with Gasteiger partial charge in [-0.15, -0.1) is 5.10 Å². The molecule has 3 rings (SSSR count). The van der Waals surface area contributed by atoms with Crippen LogP contribution < -0.4 is 10.5 Å². The van der Waals surface area contributed by atoms with Gasteiger partial charge in [0.1, 0.15) is 17.5 Å². The molecule has 2 heterocycles. The highest BCUT2D eigenvalue weighted by Crippen LogP contribution is 2.42. The van der Waals surface area contributed by atoms with Gasteiger partial charge in [-0.2, -0.15) is 5.26 Å². The van der Waals surface area contributed by atoms with Gasteiger partial charge in [0.15, 0.2) is 0 Å². The number of allylic oxidation sites excluding steroid dienone is 1. The van der Waals surface area contributed by atoms with E-state index < -0.39 is 5.92 Å². The van der Waals surface area contributed by atoms with Crippen LogP contribution in [0, 0.1) is 24.1 Å². The van der Waals surface area contributed by atoms with Crippen LogP contribution in [0.5, 0.6) is 5.88 Å². The molecule has 100 valence electrons. The van der Waals surface area contributed by atoms with Crippen molar-refractivity contribution in [1.82, 2.24) is 10.2 Å². The minimum absolute atomic E-state index is 0.0285. The second kappa shape index (κ2) is 4.38. The van der Waals surface area contributed by atoms with Crippen LogP contribution in [-0.2, 0) is 0 Å². The summed E-state index contributed by atoms with van der Waals surface area (Å²) in [6, 6.07) is 8.04. The molecule has 3 N–H and O–H groups in total. The zero-order chi connectivity index (χ0) is 14.3. The monoisotopic (exact) mass is 270 g/mol. The molecule has 1 atom stereocenters. The van der Waals surface area contributed by atoms with Crippen LogP contribution in [0.2, 0.25) is 0 Å². The Balaban J connectivity index is 2.22. The second-order valence-corrected chi connectivity index (χ2v) is 4.54. The molecule has 0 spiro atoms. The third kappa shape index (κ3) is 1.72. The van der Waals surface area contributed by atoms with Crippen molar-refractivity contribution in [2.24, 2.45) is 5.73 Å². The van der Waals surface area contributed by atoms with E-state index in [-0.39, 0.29) is 11.7 Å². The largest absolute Gasteiger partial charge is 0.420 e. The van der Waals surface area contributed by atoms with E-state index in [4.69, 9.17) is 10.5 Å². The van der Waals surface area contributed by atoms with Gasteiger partial charge in [-0.1, -0.05) is 12.1 Å². The van der Waals surface area contributed by atoms with Gasteiger partial charge < -0.3 is 10.5 Å². The molecule has 1 aliphatic heterocycles. The first-order valence-corrected chi connectivity index (χ1v) is 5.99. The normalized spacial score (nSPS) is 17.4. The van der Waals surface area contributed by atoms with Crippen molar-refractivity contribution in [3.05, 3.63) is 58.4 Å². The molecule has 1 aliphatic rings. The molecule has 0 amide bonds. The molecule has 0 fully saturated rings. The number of nitrogens with two attached hydrogens (primary N) is 1. The molecule has 5 nitrogen and oxygen atoms in total. The predicted octanol–water partition coefficient (Wildman–Crippen LogP) is 2.08. The van der Waals surface area contributed by atoms with Gasteiger partial charge in [-0.3, -0.25) is 5.10 Å². The Kier molecular flexibility index (Phi) is 2.68. The first kappa shape index (κ1) is 12.2. The van der Waals surface area contributed by atoms with Crippen molar-refractivity contribution < 1.29 is 9.13 Å². The highest BCUT2D eigenvalue weighted by atomic mass is 19.1. The first-order valence-electron chi connectivity index (χ1n) is 5.99. The van der Waals surface area contributed by atoms with Crippen LogP contribution >= 0.6 is 0 Å². The number of fused-ring (bicyclic) bond motifs is 1. The molecular weight excluding hydrogens is 259 g/mol. The smallest absolute Gasteiger partial charge is 0.244 e. The topological polar surface area (TPSA) is 87.7 Å². The molecule has 1 aromatic heterocycles. The van der Waals surface area contributed by atoms with Crippen molar-refractivity contribution >= 4 is 0 Å². The Morgan fingerprint density at radius 2 is 2.10 bits per heavy atom. The van der Waals surface area contributed by atoms with Crippen molar-refractivity contribution in [2.45, 2.75) is 12.8 Å². The van der Waals surface area contributed by atoms with Gasteiger partial charge in [0, 0.05) is 11.3 Å². The summed E-state index contributed by atoms with van der Waals surface area (Å²) in [6.07, 6.45) is 0. The van der Waals surface area contributed by atoms with Crippen molar-refractivity contribution in [2.75, 3.05) is 0 Å². The Bertz CT molecular complexity index is 740. The fourth-order valence-electron chi connectivity index (χ4n) is 2.39. The highest BCUT2D eigenvalue weighted by molar-refractivity contribution is 5.54. The number of aromatic amines is 1. The van der Waals surface area contributed by atoms with Crippen LogP contribution in [0.3, 0.4) is 0 Å². The number of nitrogens with zero attached hydrogens (tertiary/aromatic N) is 2.